The normalized spacial score (nSPS) is 19.6. The topological polar surface area (TPSA) is 45.1 Å². The van der Waals surface area contributed by atoms with E-state index in [4.69, 9.17) is 4.74 Å². The van der Waals surface area contributed by atoms with Gasteiger partial charge in [-0.25, -0.2) is 4.40 Å². The van der Waals surface area contributed by atoms with E-state index in [2.05, 4.69) is 9.30 Å². The van der Waals surface area contributed by atoms with E-state index in [9.17, 15) is 4.79 Å². The third-order valence-electron chi connectivity index (χ3n) is 4.68. The van der Waals surface area contributed by atoms with Crippen LogP contribution in [0.1, 0.15) is 18.5 Å². The predicted octanol–water partition coefficient (Wildman–Crippen LogP) is 3.74. The van der Waals surface area contributed by atoms with Crippen LogP contribution in [0, 0.1) is 0 Å². The Morgan fingerprint density at radius 3 is 2.50 bits per heavy atom. The minimum Gasteiger partial charge on any atom is -0.457 e. The first kappa shape index (κ1) is 17.0. The molecule has 4 rings (SSSR count). The van der Waals surface area contributed by atoms with Gasteiger partial charge in [-0.2, -0.15) is 0 Å². The second kappa shape index (κ2) is 7.41. The summed E-state index contributed by atoms with van der Waals surface area (Å²) < 4.78 is 10.5. The van der Waals surface area contributed by atoms with Gasteiger partial charge in [0.2, 0.25) is 5.91 Å². The summed E-state index contributed by atoms with van der Waals surface area (Å²) in [6.45, 7) is 4.20. The number of benzene rings is 2. The van der Waals surface area contributed by atoms with Gasteiger partial charge >= 0.3 is 0 Å². The van der Waals surface area contributed by atoms with Crippen LogP contribution < -0.4 is 4.74 Å². The van der Waals surface area contributed by atoms with Crippen LogP contribution in [0.3, 0.4) is 0 Å². The zero-order valence-electron chi connectivity index (χ0n) is 14.7. The van der Waals surface area contributed by atoms with Crippen molar-refractivity contribution in [1.82, 2.24) is 9.80 Å². The van der Waals surface area contributed by atoms with E-state index in [1.54, 1.807) is 18.9 Å². The van der Waals surface area contributed by atoms with Gasteiger partial charge in [0.05, 0.1) is 0 Å². The number of hydrogen-bond donors (Lipinski definition) is 0. The Hall–Kier alpha value is -2.47. The van der Waals surface area contributed by atoms with Gasteiger partial charge in [-0.05, 0) is 41.8 Å². The standard InChI is InChI=1S/C20H21N3O2S/c1-15(24)23-12-11-22-13-14-26-21-20(22)19(23)16-7-9-18(10-8-16)25-17-5-3-2-4-6-17/h2-10,19H,11-14H2,1H3/t19-/m1/s1. The number of carbonyl (C=O) groups excluding carboxylic acids is 1. The van der Waals surface area contributed by atoms with Crippen LogP contribution in [-0.2, 0) is 4.79 Å². The van der Waals surface area contributed by atoms with Crippen LogP contribution in [0.15, 0.2) is 59.0 Å². The summed E-state index contributed by atoms with van der Waals surface area (Å²) in [5, 5.41) is 0. The second-order valence-electron chi connectivity index (χ2n) is 6.37. The first-order chi connectivity index (χ1) is 12.7. The van der Waals surface area contributed by atoms with Crippen molar-refractivity contribution < 1.29 is 9.53 Å². The molecule has 0 saturated carbocycles. The minimum absolute atomic E-state index is 0.0811. The van der Waals surface area contributed by atoms with Crippen LogP contribution in [0.25, 0.3) is 0 Å². The number of piperazine rings is 1. The molecule has 6 heteroatoms. The molecule has 134 valence electrons. The predicted molar refractivity (Wildman–Crippen MR) is 105 cm³/mol. The third kappa shape index (κ3) is 3.42. The van der Waals surface area contributed by atoms with E-state index in [1.807, 2.05) is 59.5 Å². The Morgan fingerprint density at radius 2 is 1.77 bits per heavy atom. The van der Waals surface area contributed by atoms with Crippen LogP contribution in [0.4, 0.5) is 0 Å². The summed E-state index contributed by atoms with van der Waals surface area (Å²) in [6.07, 6.45) is 0. The summed E-state index contributed by atoms with van der Waals surface area (Å²) in [5.74, 6) is 3.65. The number of rotatable bonds is 3. The second-order valence-corrected chi connectivity index (χ2v) is 7.22. The summed E-state index contributed by atoms with van der Waals surface area (Å²) in [6, 6.07) is 17.6. The molecule has 0 N–H and O–H groups in total. The van der Waals surface area contributed by atoms with Crippen LogP contribution >= 0.6 is 11.9 Å². The fraction of sp³-hybridized carbons (Fsp3) is 0.300. The Morgan fingerprint density at radius 1 is 1.04 bits per heavy atom. The lowest BCUT2D eigenvalue weighted by Crippen LogP contribution is -2.54. The Kier molecular flexibility index (Phi) is 4.84. The molecule has 2 heterocycles. The monoisotopic (exact) mass is 367 g/mol. The molecule has 2 aromatic rings. The van der Waals surface area contributed by atoms with Gasteiger partial charge in [0.15, 0.2) is 0 Å². The molecule has 0 aromatic heterocycles. The van der Waals surface area contributed by atoms with Crippen molar-refractivity contribution in [2.24, 2.45) is 4.40 Å². The first-order valence-corrected chi connectivity index (χ1v) is 9.71. The van der Waals surface area contributed by atoms with Gasteiger partial charge < -0.3 is 14.5 Å². The van der Waals surface area contributed by atoms with Gasteiger partial charge in [0, 0.05) is 32.3 Å². The maximum Gasteiger partial charge on any atom is 0.220 e. The highest BCUT2D eigenvalue weighted by Crippen LogP contribution is 2.33. The fourth-order valence-electron chi connectivity index (χ4n) is 3.39. The van der Waals surface area contributed by atoms with Crippen molar-refractivity contribution in [1.29, 1.82) is 0 Å². The molecule has 1 atom stereocenters. The lowest BCUT2D eigenvalue weighted by Gasteiger charge is -2.44. The van der Waals surface area contributed by atoms with Crippen molar-refractivity contribution in [3.63, 3.8) is 0 Å². The Balaban J connectivity index is 1.61. The average molecular weight is 367 g/mol. The maximum atomic E-state index is 12.2. The Labute approximate surface area is 157 Å². The number of amides is 1. The quantitative estimate of drug-likeness (QED) is 0.775. The molecule has 2 aliphatic heterocycles. The lowest BCUT2D eigenvalue weighted by atomic mass is 10.0. The SMILES string of the molecule is CC(=O)N1CCN2CCSN=C2[C@H]1c1ccc(Oc2ccccc2)cc1. The van der Waals surface area contributed by atoms with E-state index in [0.717, 1.165) is 48.3 Å². The molecule has 2 aliphatic rings. The molecule has 2 aromatic carbocycles. The molecule has 0 spiro atoms. The molecular weight excluding hydrogens is 346 g/mol. The highest BCUT2D eigenvalue weighted by atomic mass is 32.2. The Bertz CT molecular complexity index is 808. The van der Waals surface area contributed by atoms with Gasteiger partial charge in [-0.3, -0.25) is 4.79 Å². The van der Waals surface area contributed by atoms with Crippen molar-refractivity contribution in [2.75, 3.05) is 25.4 Å². The molecular formula is C20H21N3O2S. The van der Waals surface area contributed by atoms with E-state index in [-0.39, 0.29) is 11.9 Å². The van der Waals surface area contributed by atoms with Crippen LogP contribution in [0.2, 0.25) is 0 Å². The zero-order chi connectivity index (χ0) is 17.9. The molecule has 1 saturated heterocycles. The highest BCUT2D eigenvalue weighted by Gasteiger charge is 2.36. The van der Waals surface area contributed by atoms with Crippen LogP contribution in [0.5, 0.6) is 11.5 Å². The number of hydrogen-bond acceptors (Lipinski definition) is 5. The van der Waals surface area contributed by atoms with Crippen molar-refractivity contribution in [2.45, 2.75) is 13.0 Å². The molecule has 0 aliphatic carbocycles. The zero-order valence-corrected chi connectivity index (χ0v) is 15.5. The van der Waals surface area contributed by atoms with Gasteiger partial charge in [-0.15, -0.1) is 0 Å². The van der Waals surface area contributed by atoms with Crippen molar-refractivity contribution in [3.05, 3.63) is 60.2 Å². The average Bonchev–Trinajstić information content (AvgIpc) is 2.68. The summed E-state index contributed by atoms with van der Waals surface area (Å²) in [7, 11) is 0. The molecule has 1 amide bonds. The number of ether oxygens (including phenoxy) is 1. The molecule has 26 heavy (non-hydrogen) atoms. The lowest BCUT2D eigenvalue weighted by molar-refractivity contribution is -0.131. The van der Waals surface area contributed by atoms with Crippen molar-refractivity contribution in [3.8, 4) is 11.5 Å². The van der Waals surface area contributed by atoms with Crippen LogP contribution in [-0.4, -0.2) is 46.9 Å². The number of amidine groups is 1. The summed E-state index contributed by atoms with van der Waals surface area (Å²) in [4.78, 5) is 16.4. The van der Waals surface area contributed by atoms with E-state index >= 15 is 0 Å². The maximum absolute atomic E-state index is 12.2. The molecule has 0 bridgehead atoms. The van der Waals surface area contributed by atoms with E-state index < -0.39 is 0 Å². The summed E-state index contributed by atoms with van der Waals surface area (Å²) in [5.41, 5.74) is 1.06. The largest absolute Gasteiger partial charge is 0.457 e. The van der Waals surface area contributed by atoms with Gasteiger partial charge in [0.1, 0.15) is 23.4 Å². The summed E-state index contributed by atoms with van der Waals surface area (Å²) >= 11 is 1.58. The highest BCUT2D eigenvalue weighted by molar-refractivity contribution is 7.98. The third-order valence-corrected chi connectivity index (χ3v) is 5.36. The number of nitrogens with zero attached hydrogens (tertiary/aromatic N) is 3. The number of fused-ring (bicyclic) bond motifs is 1. The number of carbonyl (C=O) groups is 1. The van der Waals surface area contributed by atoms with Gasteiger partial charge in [-0.1, -0.05) is 30.3 Å². The van der Waals surface area contributed by atoms with Crippen molar-refractivity contribution >= 4 is 23.7 Å². The smallest absolute Gasteiger partial charge is 0.220 e. The van der Waals surface area contributed by atoms with Gasteiger partial charge in [0.25, 0.3) is 0 Å². The molecule has 0 radical (unpaired) electrons. The molecule has 1 fully saturated rings. The molecule has 5 nitrogen and oxygen atoms in total. The molecule has 0 unspecified atom stereocenters. The first-order valence-electron chi connectivity index (χ1n) is 8.77. The van der Waals surface area contributed by atoms with E-state index in [0.29, 0.717) is 0 Å². The number of para-hydroxylation sites is 1. The fourth-order valence-corrected chi connectivity index (χ4v) is 4.13. The minimum atomic E-state index is -0.125. The van der Waals surface area contributed by atoms with E-state index in [1.165, 1.54) is 0 Å².